The van der Waals surface area contributed by atoms with Crippen LogP contribution in [-0.2, 0) is 0 Å². The van der Waals surface area contributed by atoms with E-state index in [4.69, 9.17) is 5.26 Å². The summed E-state index contributed by atoms with van der Waals surface area (Å²) in [6.07, 6.45) is 2.99. The van der Waals surface area contributed by atoms with E-state index in [0.717, 1.165) is 13.1 Å². The first-order valence-corrected chi connectivity index (χ1v) is 6.48. The number of hydrogen-bond acceptors (Lipinski definition) is 2. The van der Waals surface area contributed by atoms with Gasteiger partial charge in [-0.15, -0.1) is 0 Å². The van der Waals surface area contributed by atoms with Crippen LogP contribution in [0.4, 0.5) is 5.69 Å². The van der Waals surface area contributed by atoms with E-state index in [1.165, 1.54) is 18.5 Å². The molecule has 0 saturated heterocycles. The van der Waals surface area contributed by atoms with Crippen LogP contribution < -0.4 is 4.90 Å². The minimum Gasteiger partial charge on any atom is -0.370 e. The van der Waals surface area contributed by atoms with Gasteiger partial charge in [0.15, 0.2) is 0 Å². The Kier molecular flexibility index (Phi) is 6.17. The quantitative estimate of drug-likeness (QED) is 0.711. The lowest BCUT2D eigenvalue weighted by Gasteiger charge is -2.28. The third kappa shape index (κ3) is 4.48. The number of para-hydroxylation sites is 1. The Morgan fingerprint density at radius 3 is 2.35 bits per heavy atom. The van der Waals surface area contributed by atoms with Crippen molar-refractivity contribution in [3.63, 3.8) is 0 Å². The van der Waals surface area contributed by atoms with Crippen LogP contribution in [0.1, 0.15) is 33.1 Å². The number of hydrogen-bond donors (Lipinski definition) is 0. The number of rotatable bonds is 7. The first-order chi connectivity index (χ1) is 8.31. The first-order valence-electron chi connectivity index (χ1n) is 6.48. The van der Waals surface area contributed by atoms with Crippen molar-refractivity contribution in [3.8, 4) is 6.07 Å². The van der Waals surface area contributed by atoms with Crippen molar-refractivity contribution in [2.24, 2.45) is 5.92 Å². The number of anilines is 1. The van der Waals surface area contributed by atoms with Gasteiger partial charge in [0.25, 0.3) is 0 Å². The maximum absolute atomic E-state index is 8.73. The van der Waals surface area contributed by atoms with E-state index in [9.17, 15) is 0 Å². The maximum Gasteiger partial charge on any atom is 0.0640 e. The SMILES string of the molecule is CCC(CC)CN(CCC#N)c1ccccc1. The molecule has 92 valence electrons. The zero-order chi connectivity index (χ0) is 12.5. The molecule has 2 nitrogen and oxygen atoms in total. The Balaban J connectivity index is 2.70. The van der Waals surface area contributed by atoms with E-state index in [1.54, 1.807) is 0 Å². The van der Waals surface area contributed by atoms with Gasteiger partial charge in [0, 0.05) is 18.8 Å². The third-order valence-corrected chi connectivity index (χ3v) is 3.25. The summed E-state index contributed by atoms with van der Waals surface area (Å²) in [6.45, 7) is 6.36. The van der Waals surface area contributed by atoms with E-state index >= 15 is 0 Å². The van der Waals surface area contributed by atoms with Crippen LogP contribution in [0.2, 0.25) is 0 Å². The lowest BCUT2D eigenvalue weighted by atomic mass is 10.0. The van der Waals surface area contributed by atoms with Gasteiger partial charge in [0.05, 0.1) is 12.5 Å². The molecule has 17 heavy (non-hydrogen) atoms. The summed E-state index contributed by atoms with van der Waals surface area (Å²) in [7, 11) is 0. The lowest BCUT2D eigenvalue weighted by Crippen LogP contribution is -2.30. The van der Waals surface area contributed by atoms with Crippen LogP contribution in [0.5, 0.6) is 0 Å². The summed E-state index contributed by atoms with van der Waals surface area (Å²) >= 11 is 0. The smallest absolute Gasteiger partial charge is 0.0640 e. The Morgan fingerprint density at radius 1 is 1.18 bits per heavy atom. The van der Waals surface area contributed by atoms with Gasteiger partial charge in [-0.1, -0.05) is 44.9 Å². The first kappa shape index (κ1) is 13.6. The van der Waals surface area contributed by atoms with E-state index < -0.39 is 0 Å². The highest BCUT2D eigenvalue weighted by molar-refractivity contribution is 5.46. The van der Waals surface area contributed by atoms with Gasteiger partial charge in [-0.2, -0.15) is 5.26 Å². The largest absolute Gasteiger partial charge is 0.370 e. The molecule has 0 N–H and O–H groups in total. The number of benzene rings is 1. The van der Waals surface area contributed by atoms with Crippen molar-refractivity contribution in [2.45, 2.75) is 33.1 Å². The topological polar surface area (TPSA) is 27.0 Å². The normalized spacial score (nSPS) is 10.2. The molecule has 0 spiro atoms. The molecule has 0 amide bonds. The second-order valence-electron chi connectivity index (χ2n) is 4.37. The minimum atomic E-state index is 0.592. The second-order valence-corrected chi connectivity index (χ2v) is 4.37. The molecular formula is C15H22N2. The summed E-state index contributed by atoms with van der Waals surface area (Å²) in [5.74, 6) is 0.717. The monoisotopic (exact) mass is 230 g/mol. The van der Waals surface area contributed by atoms with Gasteiger partial charge in [-0.25, -0.2) is 0 Å². The molecule has 1 rings (SSSR count). The van der Waals surface area contributed by atoms with Crippen LogP contribution in [0.25, 0.3) is 0 Å². The Bertz CT molecular complexity index is 336. The van der Waals surface area contributed by atoms with E-state index in [0.29, 0.717) is 12.3 Å². The molecule has 1 aromatic rings. The summed E-state index contributed by atoms with van der Waals surface area (Å²) in [6, 6.07) is 12.6. The fraction of sp³-hybridized carbons (Fsp3) is 0.533. The molecule has 1 aromatic carbocycles. The van der Waals surface area contributed by atoms with Crippen LogP contribution in [-0.4, -0.2) is 13.1 Å². The second kappa shape index (κ2) is 7.73. The molecule has 0 heterocycles. The van der Waals surface area contributed by atoms with Crippen LogP contribution >= 0.6 is 0 Å². The zero-order valence-corrected chi connectivity index (χ0v) is 10.9. The van der Waals surface area contributed by atoms with Crippen molar-refractivity contribution in [2.75, 3.05) is 18.0 Å². The molecule has 0 unspecified atom stereocenters. The molecule has 0 saturated carbocycles. The van der Waals surface area contributed by atoms with Gasteiger partial charge < -0.3 is 4.90 Å². The van der Waals surface area contributed by atoms with E-state index in [-0.39, 0.29) is 0 Å². The zero-order valence-electron chi connectivity index (χ0n) is 10.9. The van der Waals surface area contributed by atoms with Gasteiger partial charge >= 0.3 is 0 Å². The molecule has 0 radical (unpaired) electrons. The summed E-state index contributed by atoms with van der Waals surface area (Å²) < 4.78 is 0. The molecular weight excluding hydrogens is 208 g/mol. The third-order valence-electron chi connectivity index (χ3n) is 3.25. The molecule has 0 aliphatic carbocycles. The van der Waals surface area contributed by atoms with Gasteiger partial charge in [-0.05, 0) is 18.1 Å². The predicted octanol–water partition coefficient (Wildman–Crippen LogP) is 3.84. The maximum atomic E-state index is 8.73. The van der Waals surface area contributed by atoms with Crippen molar-refractivity contribution in [3.05, 3.63) is 30.3 Å². The molecule has 2 heteroatoms. The molecule has 0 atom stereocenters. The summed E-state index contributed by atoms with van der Waals surface area (Å²) in [4.78, 5) is 2.33. The standard InChI is InChI=1S/C15H22N2/c1-3-14(4-2)13-17(12-8-11-16)15-9-6-5-7-10-15/h5-7,9-10,14H,3-4,8,12-13H2,1-2H3. The van der Waals surface area contributed by atoms with Crippen molar-refractivity contribution in [1.29, 1.82) is 5.26 Å². The summed E-state index contributed by atoms with van der Waals surface area (Å²) in [5.41, 5.74) is 1.23. The average Bonchev–Trinajstić information content (AvgIpc) is 2.40. The van der Waals surface area contributed by atoms with Crippen molar-refractivity contribution in [1.82, 2.24) is 0 Å². The Labute approximate surface area is 105 Å². The molecule has 0 aliphatic rings. The lowest BCUT2D eigenvalue weighted by molar-refractivity contribution is 0.484. The van der Waals surface area contributed by atoms with Gasteiger partial charge in [-0.3, -0.25) is 0 Å². The predicted molar refractivity (Wildman–Crippen MR) is 73.0 cm³/mol. The minimum absolute atomic E-state index is 0.592. The highest BCUT2D eigenvalue weighted by atomic mass is 15.1. The molecule has 0 fully saturated rings. The number of nitrogens with zero attached hydrogens (tertiary/aromatic N) is 2. The fourth-order valence-electron chi connectivity index (χ4n) is 2.01. The average molecular weight is 230 g/mol. The van der Waals surface area contributed by atoms with Crippen molar-refractivity contribution >= 4 is 5.69 Å². The summed E-state index contributed by atoms with van der Waals surface area (Å²) in [5, 5.41) is 8.73. The van der Waals surface area contributed by atoms with Crippen LogP contribution in [0, 0.1) is 17.2 Å². The van der Waals surface area contributed by atoms with Crippen LogP contribution in [0.3, 0.4) is 0 Å². The fourth-order valence-corrected chi connectivity index (χ4v) is 2.01. The number of nitriles is 1. The highest BCUT2D eigenvalue weighted by Crippen LogP contribution is 2.18. The van der Waals surface area contributed by atoms with E-state index in [1.807, 2.05) is 6.07 Å². The molecule has 0 aromatic heterocycles. The van der Waals surface area contributed by atoms with Crippen molar-refractivity contribution < 1.29 is 0 Å². The molecule has 0 aliphatic heterocycles. The van der Waals surface area contributed by atoms with Gasteiger partial charge in [0.2, 0.25) is 0 Å². The van der Waals surface area contributed by atoms with E-state index in [2.05, 4.69) is 49.1 Å². The van der Waals surface area contributed by atoms with Crippen LogP contribution in [0.15, 0.2) is 30.3 Å². The Hall–Kier alpha value is -1.49. The molecule has 0 bridgehead atoms. The Morgan fingerprint density at radius 2 is 1.82 bits per heavy atom. The highest BCUT2D eigenvalue weighted by Gasteiger charge is 2.11. The van der Waals surface area contributed by atoms with Gasteiger partial charge in [0.1, 0.15) is 0 Å².